The van der Waals surface area contributed by atoms with Crippen LogP contribution in [0.3, 0.4) is 0 Å². The van der Waals surface area contributed by atoms with Crippen molar-refractivity contribution in [3.8, 4) is 0 Å². The SMILES string of the molecule is CC(C)=CNC(=O)N1CCN(S(C)(=O)=O)CC1. The van der Waals surface area contributed by atoms with Gasteiger partial charge < -0.3 is 10.2 Å². The molecular formula is C10H19N3O3S. The lowest BCUT2D eigenvalue weighted by Gasteiger charge is -2.32. The van der Waals surface area contributed by atoms with Crippen LogP contribution in [0.25, 0.3) is 0 Å². The summed E-state index contributed by atoms with van der Waals surface area (Å²) in [5.74, 6) is 0. The van der Waals surface area contributed by atoms with E-state index in [2.05, 4.69) is 5.32 Å². The summed E-state index contributed by atoms with van der Waals surface area (Å²) in [5.41, 5.74) is 1.01. The van der Waals surface area contributed by atoms with Gasteiger partial charge in [0.15, 0.2) is 0 Å². The normalized spacial score (nSPS) is 17.7. The molecule has 17 heavy (non-hydrogen) atoms. The number of rotatable bonds is 2. The lowest BCUT2D eigenvalue weighted by atomic mass is 10.4. The number of hydrogen-bond acceptors (Lipinski definition) is 3. The molecule has 1 aliphatic rings. The van der Waals surface area contributed by atoms with Crippen LogP contribution in [0.5, 0.6) is 0 Å². The highest BCUT2D eigenvalue weighted by molar-refractivity contribution is 7.88. The Labute approximate surface area is 102 Å². The van der Waals surface area contributed by atoms with Gasteiger partial charge >= 0.3 is 6.03 Å². The van der Waals surface area contributed by atoms with E-state index in [1.165, 1.54) is 10.6 Å². The zero-order chi connectivity index (χ0) is 13.1. The Morgan fingerprint density at radius 3 is 2.12 bits per heavy atom. The minimum Gasteiger partial charge on any atom is -0.322 e. The topological polar surface area (TPSA) is 69.7 Å². The molecule has 1 saturated heterocycles. The smallest absolute Gasteiger partial charge is 0.321 e. The number of carbonyl (C=O) groups is 1. The van der Waals surface area contributed by atoms with Gasteiger partial charge in [0, 0.05) is 32.4 Å². The maximum atomic E-state index is 11.7. The van der Waals surface area contributed by atoms with Gasteiger partial charge in [-0.1, -0.05) is 5.57 Å². The molecule has 0 aromatic rings. The maximum absolute atomic E-state index is 11.7. The average Bonchev–Trinajstić information content (AvgIpc) is 2.25. The molecule has 1 fully saturated rings. The molecule has 1 rings (SSSR count). The van der Waals surface area contributed by atoms with Crippen molar-refractivity contribution in [2.45, 2.75) is 13.8 Å². The standard InChI is InChI=1S/C10H19N3O3S/c1-9(2)8-11-10(14)12-4-6-13(7-5-12)17(3,15)16/h8H,4-7H2,1-3H3,(H,11,14). The van der Waals surface area contributed by atoms with Crippen LogP contribution in [-0.2, 0) is 10.0 Å². The molecule has 0 aromatic heterocycles. The van der Waals surface area contributed by atoms with E-state index in [4.69, 9.17) is 0 Å². The van der Waals surface area contributed by atoms with Gasteiger partial charge in [-0.25, -0.2) is 13.2 Å². The van der Waals surface area contributed by atoms with Gasteiger partial charge in [0.05, 0.1) is 6.26 Å². The first-order chi connectivity index (χ1) is 7.80. The van der Waals surface area contributed by atoms with E-state index in [1.807, 2.05) is 13.8 Å². The fourth-order valence-electron chi connectivity index (χ4n) is 1.52. The van der Waals surface area contributed by atoms with Crippen molar-refractivity contribution in [3.05, 3.63) is 11.8 Å². The summed E-state index contributed by atoms with van der Waals surface area (Å²) in [5, 5.41) is 2.66. The first kappa shape index (κ1) is 14.0. The van der Waals surface area contributed by atoms with Crippen molar-refractivity contribution in [2.24, 2.45) is 0 Å². The summed E-state index contributed by atoms with van der Waals surface area (Å²) in [6.45, 7) is 5.36. The Balaban J connectivity index is 2.47. The van der Waals surface area contributed by atoms with E-state index in [0.717, 1.165) is 5.57 Å². The number of carbonyl (C=O) groups excluding carboxylic acids is 1. The first-order valence-electron chi connectivity index (χ1n) is 5.44. The molecule has 2 amide bonds. The molecule has 1 N–H and O–H groups in total. The van der Waals surface area contributed by atoms with Gasteiger partial charge in [-0.15, -0.1) is 0 Å². The maximum Gasteiger partial charge on any atom is 0.321 e. The average molecular weight is 261 g/mol. The predicted octanol–water partition coefficient (Wildman–Crippen LogP) is 0.197. The number of hydrogen-bond donors (Lipinski definition) is 1. The number of urea groups is 1. The summed E-state index contributed by atoms with van der Waals surface area (Å²) >= 11 is 0. The Bertz CT molecular complexity index is 405. The minimum atomic E-state index is -3.14. The van der Waals surface area contributed by atoms with Gasteiger partial charge in [-0.3, -0.25) is 0 Å². The van der Waals surface area contributed by atoms with E-state index in [-0.39, 0.29) is 6.03 Å². The molecule has 98 valence electrons. The van der Waals surface area contributed by atoms with Crippen LogP contribution in [0, 0.1) is 0 Å². The first-order valence-corrected chi connectivity index (χ1v) is 7.29. The summed E-state index contributed by atoms with van der Waals surface area (Å²) in [6, 6.07) is -0.181. The third-order valence-electron chi connectivity index (χ3n) is 2.48. The molecule has 1 aliphatic heterocycles. The number of allylic oxidation sites excluding steroid dienone is 1. The molecule has 7 heteroatoms. The molecule has 0 atom stereocenters. The fraction of sp³-hybridized carbons (Fsp3) is 0.700. The summed E-state index contributed by atoms with van der Waals surface area (Å²) < 4.78 is 23.9. The van der Waals surface area contributed by atoms with Crippen molar-refractivity contribution < 1.29 is 13.2 Å². The van der Waals surface area contributed by atoms with Crippen LogP contribution < -0.4 is 5.32 Å². The van der Waals surface area contributed by atoms with Crippen LogP contribution in [0.1, 0.15) is 13.8 Å². The van der Waals surface area contributed by atoms with Gasteiger partial charge in [-0.05, 0) is 13.8 Å². The fourth-order valence-corrected chi connectivity index (χ4v) is 2.35. The monoisotopic (exact) mass is 261 g/mol. The summed E-state index contributed by atoms with van der Waals surface area (Å²) in [4.78, 5) is 13.3. The predicted molar refractivity (Wildman–Crippen MR) is 66.0 cm³/mol. The van der Waals surface area contributed by atoms with Gasteiger partial charge in [0.2, 0.25) is 10.0 Å². The molecule has 6 nitrogen and oxygen atoms in total. The number of sulfonamides is 1. The highest BCUT2D eigenvalue weighted by Crippen LogP contribution is 2.06. The van der Waals surface area contributed by atoms with Crippen molar-refractivity contribution in [1.29, 1.82) is 0 Å². The second kappa shape index (κ2) is 5.50. The number of nitrogens with one attached hydrogen (secondary N) is 1. The number of nitrogens with zero attached hydrogens (tertiary/aromatic N) is 2. The lowest BCUT2D eigenvalue weighted by Crippen LogP contribution is -2.52. The van der Waals surface area contributed by atoms with Gasteiger partial charge in [0.25, 0.3) is 0 Å². The Morgan fingerprint density at radius 1 is 1.18 bits per heavy atom. The third-order valence-corrected chi connectivity index (χ3v) is 3.78. The molecular weight excluding hydrogens is 242 g/mol. The summed E-state index contributed by atoms with van der Waals surface area (Å²) in [6.07, 6.45) is 2.83. The Hall–Kier alpha value is -1.08. The van der Waals surface area contributed by atoms with Crippen LogP contribution in [0.2, 0.25) is 0 Å². The minimum absolute atomic E-state index is 0.181. The molecule has 0 saturated carbocycles. The molecule has 0 radical (unpaired) electrons. The van der Waals surface area contributed by atoms with Crippen molar-refractivity contribution >= 4 is 16.1 Å². The quantitative estimate of drug-likeness (QED) is 0.772. The van der Waals surface area contributed by atoms with Crippen molar-refractivity contribution in [3.63, 3.8) is 0 Å². The zero-order valence-electron chi connectivity index (χ0n) is 10.4. The van der Waals surface area contributed by atoms with E-state index in [9.17, 15) is 13.2 Å². The second-order valence-electron chi connectivity index (χ2n) is 4.32. The molecule has 0 aliphatic carbocycles. The van der Waals surface area contributed by atoms with Crippen LogP contribution in [-0.4, -0.2) is 56.1 Å². The largest absolute Gasteiger partial charge is 0.322 e. The van der Waals surface area contributed by atoms with Gasteiger partial charge in [0.1, 0.15) is 0 Å². The molecule has 0 bridgehead atoms. The Morgan fingerprint density at radius 2 is 1.71 bits per heavy atom. The lowest BCUT2D eigenvalue weighted by molar-refractivity contribution is 0.175. The highest BCUT2D eigenvalue weighted by atomic mass is 32.2. The van der Waals surface area contributed by atoms with E-state index < -0.39 is 10.0 Å². The van der Waals surface area contributed by atoms with E-state index in [0.29, 0.717) is 26.2 Å². The van der Waals surface area contributed by atoms with Crippen molar-refractivity contribution in [2.75, 3.05) is 32.4 Å². The third kappa shape index (κ3) is 4.35. The van der Waals surface area contributed by atoms with Crippen LogP contribution in [0.15, 0.2) is 11.8 Å². The van der Waals surface area contributed by atoms with Crippen LogP contribution in [0.4, 0.5) is 4.79 Å². The molecule has 0 unspecified atom stereocenters. The number of piperazine rings is 1. The zero-order valence-corrected chi connectivity index (χ0v) is 11.2. The van der Waals surface area contributed by atoms with Crippen LogP contribution >= 0.6 is 0 Å². The molecule has 0 aromatic carbocycles. The molecule has 0 spiro atoms. The number of amides is 2. The van der Waals surface area contributed by atoms with Gasteiger partial charge in [-0.2, -0.15) is 4.31 Å². The highest BCUT2D eigenvalue weighted by Gasteiger charge is 2.25. The second-order valence-corrected chi connectivity index (χ2v) is 6.30. The van der Waals surface area contributed by atoms with Crippen molar-refractivity contribution in [1.82, 2.24) is 14.5 Å². The molecule has 1 heterocycles. The summed E-state index contributed by atoms with van der Waals surface area (Å²) in [7, 11) is -3.14. The van der Waals surface area contributed by atoms with E-state index in [1.54, 1.807) is 11.1 Å². The Kier molecular flexibility index (Phi) is 4.53. The van der Waals surface area contributed by atoms with E-state index >= 15 is 0 Å².